The van der Waals surface area contributed by atoms with E-state index in [0.717, 1.165) is 6.42 Å². The zero-order valence-electron chi connectivity index (χ0n) is 10.1. The summed E-state index contributed by atoms with van der Waals surface area (Å²) in [7, 11) is 1.53. The standard InChI is InChI=1S/C11H16N4O3/c1-12-11(18)8-5-6-9(15-14-8)13-7-3-2-4-10(16)17/h5-6H,2-4,7H2,1H3,(H,12,18)(H,13,15)(H,16,17). The number of nitrogens with zero attached hydrogens (tertiary/aromatic N) is 2. The highest BCUT2D eigenvalue weighted by atomic mass is 16.4. The van der Waals surface area contributed by atoms with Crippen molar-refractivity contribution >= 4 is 17.7 Å². The Balaban J connectivity index is 2.31. The van der Waals surface area contributed by atoms with E-state index in [9.17, 15) is 9.59 Å². The molecule has 0 fully saturated rings. The van der Waals surface area contributed by atoms with Crippen LogP contribution in [0.3, 0.4) is 0 Å². The van der Waals surface area contributed by atoms with Gasteiger partial charge in [0, 0.05) is 20.0 Å². The van der Waals surface area contributed by atoms with Gasteiger partial charge < -0.3 is 15.7 Å². The predicted octanol–water partition coefficient (Wildman–Crippen LogP) is 0.503. The maximum atomic E-state index is 11.2. The van der Waals surface area contributed by atoms with E-state index in [1.807, 2.05) is 0 Å². The Morgan fingerprint density at radius 3 is 2.61 bits per heavy atom. The average molecular weight is 252 g/mol. The average Bonchev–Trinajstić information content (AvgIpc) is 2.38. The number of amides is 1. The lowest BCUT2D eigenvalue weighted by Gasteiger charge is -2.04. The number of carbonyl (C=O) groups is 2. The normalized spacial score (nSPS) is 9.83. The van der Waals surface area contributed by atoms with Crippen molar-refractivity contribution in [3.05, 3.63) is 17.8 Å². The number of rotatable bonds is 7. The van der Waals surface area contributed by atoms with Crippen LogP contribution in [0.5, 0.6) is 0 Å². The fraction of sp³-hybridized carbons (Fsp3) is 0.455. The molecule has 0 unspecified atom stereocenters. The molecule has 0 atom stereocenters. The van der Waals surface area contributed by atoms with Gasteiger partial charge in [0.15, 0.2) is 5.69 Å². The number of unbranched alkanes of at least 4 members (excludes halogenated alkanes) is 1. The SMILES string of the molecule is CNC(=O)c1ccc(NCCCCC(=O)O)nn1. The minimum Gasteiger partial charge on any atom is -0.481 e. The van der Waals surface area contributed by atoms with Gasteiger partial charge in [-0.2, -0.15) is 0 Å². The van der Waals surface area contributed by atoms with Crippen molar-refractivity contribution < 1.29 is 14.7 Å². The van der Waals surface area contributed by atoms with Crippen molar-refractivity contribution in [2.75, 3.05) is 18.9 Å². The van der Waals surface area contributed by atoms with Gasteiger partial charge in [-0.05, 0) is 25.0 Å². The molecule has 0 aliphatic rings. The Hall–Kier alpha value is -2.18. The first-order valence-electron chi connectivity index (χ1n) is 5.65. The monoisotopic (exact) mass is 252 g/mol. The van der Waals surface area contributed by atoms with E-state index in [2.05, 4.69) is 20.8 Å². The maximum absolute atomic E-state index is 11.2. The van der Waals surface area contributed by atoms with Crippen molar-refractivity contribution in [2.24, 2.45) is 0 Å². The van der Waals surface area contributed by atoms with E-state index in [0.29, 0.717) is 18.8 Å². The lowest BCUT2D eigenvalue weighted by molar-refractivity contribution is -0.137. The highest BCUT2D eigenvalue weighted by Crippen LogP contribution is 2.03. The Bertz CT molecular complexity index is 405. The van der Waals surface area contributed by atoms with Crippen LogP contribution in [0.2, 0.25) is 0 Å². The molecule has 1 amide bonds. The van der Waals surface area contributed by atoms with Crippen molar-refractivity contribution in [1.82, 2.24) is 15.5 Å². The zero-order chi connectivity index (χ0) is 13.4. The molecule has 0 saturated carbocycles. The highest BCUT2D eigenvalue weighted by Gasteiger charge is 2.05. The van der Waals surface area contributed by atoms with E-state index < -0.39 is 5.97 Å². The van der Waals surface area contributed by atoms with Gasteiger partial charge in [-0.15, -0.1) is 10.2 Å². The first-order valence-corrected chi connectivity index (χ1v) is 5.65. The summed E-state index contributed by atoms with van der Waals surface area (Å²) in [4.78, 5) is 21.5. The summed E-state index contributed by atoms with van der Waals surface area (Å²) in [5.41, 5.74) is 0.258. The third-order valence-corrected chi connectivity index (χ3v) is 2.25. The molecular weight excluding hydrogens is 236 g/mol. The number of hydrogen-bond donors (Lipinski definition) is 3. The van der Waals surface area contributed by atoms with Gasteiger partial charge in [0.05, 0.1) is 0 Å². The topological polar surface area (TPSA) is 104 Å². The smallest absolute Gasteiger partial charge is 0.303 e. The number of nitrogens with one attached hydrogen (secondary N) is 2. The molecule has 7 nitrogen and oxygen atoms in total. The minimum absolute atomic E-state index is 0.170. The number of aliphatic carboxylic acids is 1. The number of hydrogen-bond acceptors (Lipinski definition) is 5. The lowest BCUT2D eigenvalue weighted by atomic mass is 10.2. The third kappa shape index (κ3) is 4.77. The summed E-state index contributed by atoms with van der Waals surface area (Å²) in [5, 5.41) is 21.5. The Kier molecular flexibility index (Phi) is 5.56. The summed E-state index contributed by atoms with van der Waals surface area (Å²) in [6, 6.07) is 3.24. The summed E-state index contributed by atoms with van der Waals surface area (Å²) in [6.07, 6.45) is 1.53. The lowest BCUT2D eigenvalue weighted by Crippen LogP contribution is -2.19. The molecule has 1 rings (SSSR count). The second-order valence-corrected chi connectivity index (χ2v) is 3.66. The van der Waals surface area contributed by atoms with Gasteiger partial charge >= 0.3 is 5.97 Å². The van der Waals surface area contributed by atoms with Crippen LogP contribution in [0.15, 0.2) is 12.1 Å². The number of carboxylic acids is 1. The Morgan fingerprint density at radius 2 is 2.06 bits per heavy atom. The first-order chi connectivity index (χ1) is 8.63. The molecule has 1 aromatic heterocycles. The van der Waals surface area contributed by atoms with Gasteiger partial charge in [-0.25, -0.2) is 0 Å². The highest BCUT2D eigenvalue weighted by molar-refractivity contribution is 5.91. The molecule has 98 valence electrons. The molecule has 0 aromatic carbocycles. The zero-order valence-corrected chi connectivity index (χ0v) is 10.1. The van der Waals surface area contributed by atoms with Crippen molar-refractivity contribution in [2.45, 2.75) is 19.3 Å². The maximum Gasteiger partial charge on any atom is 0.303 e. The van der Waals surface area contributed by atoms with Crippen LogP contribution in [0.1, 0.15) is 29.8 Å². The van der Waals surface area contributed by atoms with Crippen molar-refractivity contribution in [3.63, 3.8) is 0 Å². The molecule has 0 aliphatic carbocycles. The first kappa shape index (κ1) is 13.9. The molecule has 1 heterocycles. The van der Waals surface area contributed by atoms with Crippen LogP contribution in [0.4, 0.5) is 5.82 Å². The van der Waals surface area contributed by atoms with Crippen LogP contribution in [-0.4, -0.2) is 40.8 Å². The van der Waals surface area contributed by atoms with Crippen LogP contribution < -0.4 is 10.6 Å². The van der Waals surface area contributed by atoms with Gasteiger partial charge in [-0.3, -0.25) is 9.59 Å². The molecule has 0 radical (unpaired) electrons. The van der Waals surface area contributed by atoms with Gasteiger partial charge in [0.2, 0.25) is 0 Å². The van der Waals surface area contributed by atoms with E-state index in [-0.39, 0.29) is 18.0 Å². The second kappa shape index (κ2) is 7.21. The summed E-state index contributed by atoms with van der Waals surface area (Å²) in [6.45, 7) is 0.626. The number of carboxylic acid groups (broad SMARTS) is 1. The van der Waals surface area contributed by atoms with Crippen molar-refractivity contribution in [1.29, 1.82) is 0 Å². The molecule has 0 aliphatic heterocycles. The molecule has 3 N–H and O–H groups in total. The Labute approximate surface area is 105 Å². The molecule has 0 spiro atoms. The largest absolute Gasteiger partial charge is 0.481 e. The van der Waals surface area contributed by atoms with Gasteiger partial charge in [0.25, 0.3) is 5.91 Å². The molecule has 0 bridgehead atoms. The molecule has 18 heavy (non-hydrogen) atoms. The van der Waals surface area contributed by atoms with Crippen LogP contribution >= 0.6 is 0 Å². The van der Waals surface area contributed by atoms with Crippen molar-refractivity contribution in [3.8, 4) is 0 Å². The van der Waals surface area contributed by atoms with Gasteiger partial charge in [0.1, 0.15) is 5.82 Å². The van der Waals surface area contributed by atoms with E-state index in [4.69, 9.17) is 5.11 Å². The summed E-state index contributed by atoms with van der Waals surface area (Å²) < 4.78 is 0. The molecule has 0 saturated heterocycles. The number of carbonyl (C=O) groups excluding carboxylic acids is 1. The van der Waals surface area contributed by atoms with Crippen LogP contribution in [0.25, 0.3) is 0 Å². The van der Waals surface area contributed by atoms with Crippen LogP contribution in [0, 0.1) is 0 Å². The van der Waals surface area contributed by atoms with Crippen LogP contribution in [-0.2, 0) is 4.79 Å². The molecular formula is C11H16N4O3. The minimum atomic E-state index is -0.787. The summed E-state index contributed by atoms with van der Waals surface area (Å²) in [5.74, 6) is -0.502. The predicted molar refractivity (Wildman–Crippen MR) is 65.4 cm³/mol. The third-order valence-electron chi connectivity index (χ3n) is 2.25. The second-order valence-electron chi connectivity index (χ2n) is 3.66. The molecule has 1 aromatic rings. The van der Waals surface area contributed by atoms with Gasteiger partial charge in [-0.1, -0.05) is 0 Å². The fourth-order valence-electron chi connectivity index (χ4n) is 1.29. The number of aromatic nitrogens is 2. The quantitative estimate of drug-likeness (QED) is 0.610. The fourth-order valence-corrected chi connectivity index (χ4v) is 1.29. The summed E-state index contributed by atoms with van der Waals surface area (Å²) >= 11 is 0. The van der Waals surface area contributed by atoms with E-state index in [1.165, 1.54) is 7.05 Å². The molecule has 7 heteroatoms. The number of anilines is 1. The van der Waals surface area contributed by atoms with E-state index >= 15 is 0 Å². The Morgan fingerprint density at radius 1 is 1.28 bits per heavy atom. The van der Waals surface area contributed by atoms with E-state index in [1.54, 1.807) is 12.1 Å².